The Kier molecular flexibility index (Phi) is 4.85. The van der Waals surface area contributed by atoms with E-state index in [1.807, 2.05) is 42.5 Å². The fraction of sp³-hybridized carbons (Fsp3) is 0. The first-order chi connectivity index (χ1) is 7.36. The Balaban J connectivity index is 0.00000128. The van der Waals surface area contributed by atoms with E-state index in [2.05, 4.69) is 4.99 Å². The molecule has 0 atom stereocenters. The van der Waals surface area contributed by atoms with Crippen LogP contribution >= 0.6 is 0 Å². The van der Waals surface area contributed by atoms with Crippen LogP contribution in [-0.4, -0.2) is 11.3 Å². The third kappa shape index (κ3) is 3.27. The van der Waals surface area contributed by atoms with E-state index < -0.39 is 0 Å². The van der Waals surface area contributed by atoms with Gasteiger partial charge in [0, 0.05) is 11.8 Å². The number of para-hydroxylation sites is 2. The summed E-state index contributed by atoms with van der Waals surface area (Å²) in [7, 11) is 0. The maximum atomic E-state index is 9.50. The van der Waals surface area contributed by atoms with Crippen molar-refractivity contribution in [2.45, 2.75) is 0 Å². The average Bonchev–Trinajstić information content (AvgIpc) is 2.29. The summed E-state index contributed by atoms with van der Waals surface area (Å²) in [5, 5.41) is 9.50. The zero-order chi connectivity index (χ0) is 10.5. The van der Waals surface area contributed by atoms with Crippen LogP contribution in [0.2, 0.25) is 0 Å². The summed E-state index contributed by atoms with van der Waals surface area (Å²) in [6, 6.07) is 16.7. The monoisotopic (exact) mass is 205 g/mol. The van der Waals surface area contributed by atoms with E-state index in [1.165, 1.54) is 0 Å². The Morgan fingerprint density at radius 1 is 0.938 bits per heavy atom. The summed E-state index contributed by atoms with van der Waals surface area (Å²) in [5.74, 6) is 0.247. The molecule has 0 heterocycles. The number of hydrogen-bond acceptors (Lipinski definition) is 2. The van der Waals surface area contributed by atoms with Gasteiger partial charge in [0.25, 0.3) is 0 Å². The van der Waals surface area contributed by atoms with Crippen LogP contribution in [0.4, 0.5) is 5.69 Å². The van der Waals surface area contributed by atoms with E-state index in [0.29, 0.717) is 0 Å². The molecule has 0 bridgehead atoms. The van der Waals surface area contributed by atoms with Crippen LogP contribution in [0.25, 0.3) is 0 Å². The minimum absolute atomic E-state index is 0. The van der Waals surface area contributed by atoms with Gasteiger partial charge in [-0.2, -0.15) is 0 Å². The second-order valence-corrected chi connectivity index (χ2v) is 3.15. The van der Waals surface area contributed by atoms with Crippen molar-refractivity contribution >= 4 is 11.9 Å². The van der Waals surface area contributed by atoms with Gasteiger partial charge in [-0.25, -0.2) is 0 Å². The van der Waals surface area contributed by atoms with Crippen LogP contribution in [-0.2, 0) is 0 Å². The molecule has 0 saturated carbocycles. The Morgan fingerprint density at radius 2 is 1.56 bits per heavy atom. The van der Waals surface area contributed by atoms with Crippen LogP contribution in [0, 0.1) is 0 Å². The van der Waals surface area contributed by atoms with Gasteiger partial charge in [0.2, 0.25) is 0 Å². The van der Waals surface area contributed by atoms with Crippen molar-refractivity contribution in [3.63, 3.8) is 0 Å². The van der Waals surface area contributed by atoms with Gasteiger partial charge < -0.3 is 6.53 Å². The molecule has 2 aromatic carbocycles. The van der Waals surface area contributed by atoms with Crippen molar-refractivity contribution in [3.8, 4) is 5.75 Å². The van der Waals surface area contributed by atoms with Gasteiger partial charge in [0.15, 0.2) is 0 Å². The van der Waals surface area contributed by atoms with Crippen molar-refractivity contribution in [3.05, 3.63) is 60.2 Å². The standard InChI is InChI=1S/C13H11NO.Li.H/c15-13-9-5-4-6-11(13)10-14-12-7-2-1-3-8-12;;/h1-10,15H;;/q;+1;-1. The van der Waals surface area contributed by atoms with Gasteiger partial charge >= 0.3 is 18.9 Å². The first-order valence-electron chi connectivity index (χ1n) is 4.73. The largest absolute Gasteiger partial charge is 1.00 e. The van der Waals surface area contributed by atoms with Crippen LogP contribution < -0.4 is 18.9 Å². The summed E-state index contributed by atoms with van der Waals surface area (Å²) in [5.41, 5.74) is 1.60. The molecule has 0 amide bonds. The molecule has 0 unspecified atom stereocenters. The van der Waals surface area contributed by atoms with Crippen LogP contribution in [0.3, 0.4) is 0 Å². The molecule has 0 aliphatic rings. The zero-order valence-corrected chi connectivity index (χ0v) is 9.17. The topological polar surface area (TPSA) is 32.6 Å². The summed E-state index contributed by atoms with van der Waals surface area (Å²) in [6.07, 6.45) is 1.66. The second-order valence-electron chi connectivity index (χ2n) is 3.15. The van der Waals surface area contributed by atoms with Gasteiger partial charge in [-0.05, 0) is 24.3 Å². The molecule has 0 fully saturated rings. The molecule has 0 aliphatic carbocycles. The number of hydrogen-bond donors (Lipinski definition) is 1. The smallest absolute Gasteiger partial charge is 1.00 e. The molecule has 2 rings (SSSR count). The summed E-state index contributed by atoms with van der Waals surface area (Å²) in [6.45, 7) is 0. The van der Waals surface area contributed by atoms with Gasteiger partial charge in [-0.15, -0.1) is 0 Å². The van der Waals surface area contributed by atoms with E-state index in [-0.39, 0.29) is 26.0 Å². The quantitative estimate of drug-likeness (QED) is 0.553. The van der Waals surface area contributed by atoms with Gasteiger partial charge in [0.1, 0.15) is 5.75 Å². The maximum Gasteiger partial charge on any atom is 1.00 e. The number of rotatable bonds is 2. The summed E-state index contributed by atoms with van der Waals surface area (Å²) >= 11 is 0. The van der Waals surface area contributed by atoms with Crippen molar-refractivity contribution in [2.24, 2.45) is 4.99 Å². The molecule has 0 spiro atoms. The molecule has 3 heteroatoms. The van der Waals surface area contributed by atoms with E-state index >= 15 is 0 Å². The second kappa shape index (κ2) is 6.17. The number of aromatic hydroxyl groups is 1. The molecule has 0 aliphatic heterocycles. The first kappa shape index (κ1) is 12.6. The van der Waals surface area contributed by atoms with E-state index in [0.717, 1.165) is 11.3 Å². The number of nitrogens with zero attached hydrogens (tertiary/aromatic N) is 1. The fourth-order valence-corrected chi connectivity index (χ4v) is 1.25. The fourth-order valence-electron chi connectivity index (χ4n) is 1.25. The molecule has 76 valence electrons. The number of benzene rings is 2. The van der Waals surface area contributed by atoms with E-state index in [1.54, 1.807) is 18.3 Å². The zero-order valence-electron chi connectivity index (χ0n) is 10.2. The Labute approximate surface area is 108 Å². The molecule has 2 aromatic rings. The Morgan fingerprint density at radius 3 is 2.25 bits per heavy atom. The number of aliphatic imine (C=N–C) groups is 1. The Bertz CT molecular complexity index is 474. The molecule has 0 saturated heterocycles. The Hall–Kier alpha value is -1.49. The first-order valence-corrected chi connectivity index (χ1v) is 4.73. The van der Waals surface area contributed by atoms with Crippen molar-refractivity contribution in [1.82, 2.24) is 0 Å². The van der Waals surface area contributed by atoms with Crippen LogP contribution in [0.1, 0.15) is 6.99 Å². The predicted molar refractivity (Wildman–Crippen MR) is 62.9 cm³/mol. The molecule has 1 N–H and O–H groups in total. The molecular formula is C13H12LiNO. The molecule has 0 radical (unpaired) electrons. The molecular weight excluding hydrogens is 193 g/mol. The summed E-state index contributed by atoms with van der Waals surface area (Å²) in [4.78, 5) is 4.25. The molecule has 16 heavy (non-hydrogen) atoms. The van der Waals surface area contributed by atoms with Crippen molar-refractivity contribution in [2.75, 3.05) is 0 Å². The molecule has 2 nitrogen and oxygen atoms in total. The third-order valence-corrected chi connectivity index (χ3v) is 2.05. The van der Waals surface area contributed by atoms with E-state index in [4.69, 9.17) is 0 Å². The number of phenols is 1. The van der Waals surface area contributed by atoms with Crippen LogP contribution in [0.15, 0.2) is 59.6 Å². The third-order valence-electron chi connectivity index (χ3n) is 2.05. The number of phenolic OH excluding ortho intramolecular Hbond substituents is 1. The SMILES string of the molecule is Oc1ccccc1C=Nc1ccccc1.[H-].[Li+]. The normalized spacial score (nSPS) is 10.0. The minimum Gasteiger partial charge on any atom is -1.00 e. The van der Waals surface area contributed by atoms with Crippen molar-refractivity contribution < 1.29 is 25.4 Å². The minimum atomic E-state index is 0. The van der Waals surface area contributed by atoms with Gasteiger partial charge in [-0.3, -0.25) is 4.99 Å². The van der Waals surface area contributed by atoms with E-state index in [9.17, 15) is 5.11 Å². The van der Waals surface area contributed by atoms with Crippen LogP contribution in [0.5, 0.6) is 5.75 Å². The molecule has 0 aromatic heterocycles. The van der Waals surface area contributed by atoms with Gasteiger partial charge in [-0.1, -0.05) is 30.3 Å². The van der Waals surface area contributed by atoms with Crippen molar-refractivity contribution in [1.29, 1.82) is 0 Å². The summed E-state index contributed by atoms with van der Waals surface area (Å²) < 4.78 is 0. The predicted octanol–water partition coefficient (Wildman–Crippen LogP) is 0.259. The van der Waals surface area contributed by atoms with Gasteiger partial charge in [0.05, 0.1) is 5.69 Å². The average molecular weight is 205 g/mol. The maximum absolute atomic E-state index is 9.50.